The number of nitrogens with zero attached hydrogens (tertiary/aromatic N) is 1. The van der Waals surface area contributed by atoms with Crippen LogP contribution in [-0.4, -0.2) is 51.4 Å². The van der Waals surface area contributed by atoms with Crippen LogP contribution in [0.4, 0.5) is 0 Å². The number of unbranched alkanes of at least 4 members (excludes halogenated alkanes) is 2. The predicted molar refractivity (Wildman–Crippen MR) is 75.5 cm³/mol. The second-order valence-corrected chi connectivity index (χ2v) is 6.76. The lowest BCUT2D eigenvalue weighted by atomic mass is 10.2. The van der Waals surface area contributed by atoms with Gasteiger partial charge in [0, 0.05) is 20.1 Å². The van der Waals surface area contributed by atoms with E-state index in [0.29, 0.717) is 26.1 Å². The molecule has 104 valence electrons. The van der Waals surface area contributed by atoms with Crippen molar-refractivity contribution in [2.45, 2.75) is 25.7 Å². The van der Waals surface area contributed by atoms with Crippen molar-refractivity contribution < 1.29 is 8.42 Å². The molecular formula is C10H25N3O2S2. The molecule has 0 aliphatic carbocycles. The highest BCUT2D eigenvalue weighted by atomic mass is 32.2. The molecule has 0 heterocycles. The fourth-order valence-corrected chi connectivity index (χ4v) is 2.78. The molecule has 0 spiro atoms. The standard InChI is InChI=1S/C10H25N3O2S2/c1-13(9-6-7-11)17(14,15)12-8-4-3-5-10-16-2/h12H,3-11H2,1-2H3. The number of rotatable bonds is 11. The SMILES string of the molecule is CSCCCCCNS(=O)(=O)N(C)CCCN. The zero-order valence-corrected chi connectivity index (χ0v) is 12.4. The van der Waals surface area contributed by atoms with Gasteiger partial charge in [-0.2, -0.15) is 24.5 Å². The highest BCUT2D eigenvalue weighted by molar-refractivity contribution is 7.98. The Kier molecular flexibility index (Phi) is 10.2. The van der Waals surface area contributed by atoms with Gasteiger partial charge in [0.1, 0.15) is 0 Å². The van der Waals surface area contributed by atoms with Crippen molar-refractivity contribution in [2.24, 2.45) is 5.73 Å². The van der Waals surface area contributed by atoms with Crippen molar-refractivity contribution in [2.75, 3.05) is 38.7 Å². The second-order valence-electron chi connectivity index (χ2n) is 3.92. The number of thioether (sulfide) groups is 1. The molecule has 0 aromatic carbocycles. The average Bonchev–Trinajstić information content (AvgIpc) is 2.30. The van der Waals surface area contributed by atoms with Gasteiger partial charge in [-0.25, -0.2) is 4.72 Å². The number of hydrogen-bond donors (Lipinski definition) is 2. The van der Waals surface area contributed by atoms with E-state index in [1.165, 1.54) is 4.31 Å². The van der Waals surface area contributed by atoms with Gasteiger partial charge in [0.05, 0.1) is 0 Å². The summed E-state index contributed by atoms with van der Waals surface area (Å²) < 4.78 is 27.3. The van der Waals surface area contributed by atoms with Gasteiger partial charge in [0.2, 0.25) is 0 Å². The third-order valence-corrected chi connectivity index (χ3v) is 4.67. The van der Waals surface area contributed by atoms with Gasteiger partial charge in [-0.15, -0.1) is 0 Å². The highest BCUT2D eigenvalue weighted by Gasteiger charge is 2.15. The first-order valence-corrected chi connectivity index (χ1v) is 8.78. The predicted octanol–water partition coefficient (Wildman–Crippen LogP) is 0.635. The Bertz CT molecular complexity index is 271. The number of nitrogens with two attached hydrogens (primary N) is 1. The summed E-state index contributed by atoms with van der Waals surface area (Å²) in [7, 11) is -1.73. The first-order valence-electron chi connectivity index (χ1n) is 5.94. The monoisotopic (exact) mass is 283 g/mol. The fourth-order valence-electron chi connectivity index (χ4n) is 1.29. The zero-order chi connectivity index (χ0) is 13.1. The van der Waals surface area contributed by atoms with Crippen LogP contribution in [0.2, 0.25) is 0 Å². The molecule has 0 saturated carbocycles. The van der Waals surface area contributed by atoms with E-state index in [1.54, 1.807) is 7.05 Å². The van der Waals surface area contributed by atoms with Crippen LogP contribution in [0.25, 0.3) is 0 Å². The van der Waals surface area contributed by atoms with Gasteiger partial charge < -0.3 is 5.73 Å². The molecule has 0 aromatic heterocycles. The quantitative estimate of drug-likeness (QED) is 0.546. The van der Waals surface area contributed by atoms with Gasteiger partial charge in [0.25, 0.3) is 10.2 Å². The third kappa shape index (κ3) is 8.84. The summed E-state index contributed by atoms with van der Waals surface area (Å²) >= 11 is 1.82. The molecular weight excluding hydrogens is 258 g/mol. The van der Waals surface area contributed by atoms with Crippen LogP contribution in [0, 0.1) is 0 Å². The average molecular weight is 283 g/mol. The minimum atomic E-state index is -3.30. The van der Waals surface area contributed by atoms with E-state index >= 15 is 0 Å². The van der Waals surface area contributed by atoms with Gasteiger partial charge in [-0.3, -0.25) is 0 Å². The van der Waals surface area contributed by atoms with Crippen molar-refractivity contribution in [1.82, 2.24) is 9.03 Å². The largest absolute Gasteiger partial charge is 0.330 e. The Morgan fingerprint density at radius 1 is 1.24 bits per heavy atom. The van der Waals surface area contributed by atoms with Gasteiger partial charge in [-0.1, -0.05) is 6.42 Å². The van der Waals surface area contributed by atoms with E-state index in [4.69, 9.17) is 5.73 Å². The molecule has 0 radical (unpaired) electrons. The number of nitrogens with one attached hydrogen (secondary N) is 1. The van der Waals surface area contributed by atoms with Crippen molar-refractivity contribution in [3.8, 4) is 0 Å². The topological polar surface area (TPSA) is 75.4 Å². The zero-order valence-electron chi connectivity index (χ0n) is 10.8. The molecule has 0 rings (SSSR count). The van der Waals surface area contributed by atoms with E-state index in [1.807, 2.05) is 11.8 Å². The van der Waals surface area contributed by atoms with Gasteiger partial charge >= 0.3 is 0 Å². The maximum absolute atomic E-state index is 11.7. The molecule has 0 aromatic rings. The summed E-state index contributed by atoms with van der Waals surface area (Å²) in [4.78, 5) is 0. The van der Waals surface area contributed by atoms with Crippen LogP contribution >= 0.6 is 11.8 Å². The van der Waals surface area contributed by atoms with Crippen LogP contribution in [0.3, 0.4) is 0 Å². The van der Waals surface area contributed by atoms with Crippen molar-refractivity contribution in [1.29, 1.82) is 0 Å². The summed E-state index contributed by atoms with van der Waals surface area (Å²) in [5.41, 5.74) is 5.34. The van der Waals surface area contributed by atoms with E-state index in [2.05, 4.69) is 11.0 Å². The molecule has 0 saturated heterocycles. The molecule has 0 fully saturated rings. The molecule has 0 amide bonds. The van der Waals surface area contributed by atoms with E-state index < -0.39 is 10.2 Å². The highest BCUT2D eigenvalue weighted by Crippen LogP contribution is 2.02. The van der Waals surface area contributed by atoms with Crippen LogP contribution in [0.5, 0.6) is 0 Å². The Balaban J connectivity index is 3.70. The summed E-state index contributed by atoms with van der Waals surface area (Å²) in [6.07, 6.45) is 5.87. The minimum Gasteiger partial charge on any atom is -0.330 e. The normalized spacial score (nSPS) is 12.2. The molecule has 0 aliphatic heterocycles. The first kappa shape index (κ1) is 17.2. The Labute approximate surface area is 110 Å². The molecule has 17 heavy (non-hydrogen) atoms. The summed E-state index contributed by atoms with van der Waals surface area (Å²) in [5.74, 6) is 1.14. The Morgan fingerprint density at radius 3 is 2.53 bits per heavy atom. The van der Waals surface area contributed by atoms with Crippen molar-refractivity contribution >= 4 is 22.0 Å². The Hall–Kier alpha value is 0.180. The molecule has 0 unspecified atom stereocenters. The van der Waals surface area contributed by atoms with Crippen molar-refractivity contribution in [3.63, 3.8) is 0 Å². The maximum Gasteiger partial charge on any atom is 0.279 e. The van der Waals surface area contributed by atoms with E-state index in [-0.39, 0.29) is 0 Å². The van der Waals surface area contributed by atoms with Crippen LogP contribution in [-0.2, 0) is 10.2 Å². The van der Waals surface area contributed by atoms with Gasteiger partial charge in [-0.05, 0) is 37.8 Å². The van der Waals surface area contributed by atoms with E-state index in [0.717, 1.165) is 25.0 Å². The smallest absolute Gasteiger partial charge is 0.279 e. The first-order chi connectivity index (χ1) is 8.04. The second kappa shape index (κ2) is 10.1. The lowest BCUT2D eigenvalue weighted by Gasteiger charge is -2.17. The third-order valence-electron chi connectivity index (χ3n) is 2.40. The van der Waals surface area contributed by atoms with Gasteiger partial charge in [0.15, 0.2) is 0 Å². The summed E-state index contributed by atoms with van der Waals surface area (Å²) in [5, 5.41) is 0. The van der Waals surface area contributed by atoms with E-state index in [9.17, 15) is 8.42 Å². The number of hydrogen-bond acceptors (Lipinski definition) is 4. The van der Waals surface area contributed by atoms with Crippen molar-refractivity contribution in [3.05, 3.63) is 0 Å². The molecule has 7 heteroatoms. The van der Waals surface area contributed by atoms with Crippen LogP contribution < -0.4 is 10.5 Å². The van der Waals surface area contributed by atoms with Crippen LogP contribution in [0.15, 0.2) is 0 Å². The Morgan fingerprint density at radius 2 is 1.94 bits per heavy atom. The maximum atomic E-state index is 11.7. The fraction of sp³-hybridized carbons (Fsp3) is 1.00. The summed E-state index contributed by atoms with van der Waals surface area (Å²) in [6.45, 7) is 1.50. The molecule has 3 N–H and O–H groups in total. The summed E-state index contributed by atoms with van der Waals surface area (Å²) in [6, 6.07) is 0. The lowest BCUT2D eigenvalue weighted by Crippen LogP contribution is -2.39. The molecule has 0 aliphatic rings. The minimum absolute atomic E-state index is 0.471. The molecule has 0 atom stereocenters. The molecule has 0 bridgehead atoms. The van der Waals surface area contributed by atoms with Crippen LogP contribution in [0.1, 0.15) is 25.7 Å². The lowest BCUT2D eigenvalue weighted by molar-refractivity contribution is 0.451. The molecule has 5 nitrogen and oxygen atoms in total.